The van der Waals surface area contributed by atoms with E-state index >= 15 is 0 Å². The third-order valence-corrected chi connectivity index (χ3v) is 12.9. The number of aliphatic hydroxyl groups is 1. The number of piperazine rings is 1. The molecule has 1 unspecified atom stereocenters. The van der Waals surface area contributed by atoms with E-state index in [1.807, 2.05) is 18.3 Å². The van der Waals surface area contributed by atoms with E-state index in [0.29, 0.717) is 64.5 Å². The Kier molecular flexibility index (Phi) is 15.8. The number of aromatic nitrogens is 6. The van der Waals surface area contributed by atoms with Crippen LogP contribution < -0.4 is 36.5 Å². The van der Waals surface area contributed by atoms with Gasteiger partial charge in [0.1, 0.15) is 18.1 Å². The van der Waals surface area contributed by atoms with Crippen LogP contribution in [0.25, 0.3) is 11.0 Å². The number of nitrogens with zero attached hydrogens (tertiary/aromatic N) is 8. The van der Waals surface area contributed by atoms with Gasteiger partial charge in [0.2, 0.25) is 23.6 Å². The van der Waals surface area contributed by atoms with E-state index in [0.717, 1.165) is 83.2 Å². The number of nitrogens with one attached hydrogen (secondary N) is 4. The molecule has 5 aromatic rings. The first kappa shape index (κ1) is 47.9. The number of para-hydroxylation sites is 1. The van der Waals surface area contributed by atoms with Gasteiger partial charge in [-0.05, 0) is 82.2 Å². The van der Waals surface area contributed by atoms with Gasteiger partial charge in [-0.1, -0.05) is 31.0 Å². The van der Waals surface area contributed by atoms with Gasteiger partial charge in [0, 0.05) is 67.2 Å². The summed E-state index contributed by atoms with van der Waals surface area (Å²) >= 11 is 0. The maximum atomic E-state index is 13.6. The number of ether oxygens (including phenoxy) is 3. The highest BCUT2D eigenvalue weighted by Crippen LogP contribution is 2.32. The number of methoxy groups -OCH3 is 1. The zero-order valence-corrected chi connectivity index (χ0v) is 38.8. The number of fused-ring (bicyclic) bond motifs is 1. The molecule has 0 bridgehead atoms. The third-order valence-electron chi connectivity index (χ3n) is 12.9. The van der Waals surface area contributed by atoms with Crippen molar-refractivity contribution in [3.63, 3.8) is 0 Å². The number of pyridine rings is 2. The number of rotatable bonds is 19. The standard InChI is InChI=1S/C48H60N12O8/c1-30-37-27-50-48(55-45(37)60(33-8-4-5-9-33)47(65)44(30)31(2)61)54-39-17-14-34(26-49-39)59-22-20-58(21-23-59)28-41(62)51-32-12-15-35(16-13-32)68-25-24-67-29-42(63)52-38-11-7-6-10-36(38)46(64)53-40-18-19-43(66-3)57-56-40/h6-7,10-11,14,17-19,26-27,32-33,35,46,64H,4-5,8-9,12-13,15-16,20-25,28-29H2,1-3H3,(H,51,62)(H,52,63)(H,53,56)(H,49,50,54,55). The summed E-state index contributed by atoms with van der Waals surface area (Å²) in [7, 11) is 1.49. The fraction of sp³-hybridized carbons (Fsp3) is 0.479. The first-order valence-electron chi connectivity index (χ1n) is 23.4. The maximum absolute atomic E-state index is 13.6. The number of ketones is 1. The van der Waals surface area contributed by atoms with Gasteiger partial charge in [0.25, 0.3) is 5.56 Å². The van der Waals surface area contributed by atoms with Crippen molar-refractivity contribution in [2.24, 2.45) is 0 Å². The summed E-state index contributed by atoms with van der Waals surface area (Å²) in [5, 5.41) is 31.4. The molecule has 2 aliphatic carbocycles. The molecule has 0 radical (unpaired) electrons. The van der Waals surface area contributed by atoms with Crippen LogP contribution in [0, 0.1) is 6.92 Å². The summed E-state index contributed by atoms with van der Waals surface area (Å²) < 4.78 is 18.3. The number of carbonyl (C=O) groups excluding carboxylic acids is 3. The van der Waals surface area contributed by atoms with Crippen LogP contribution in [-0.4, -0.2) is 129 Å². The summed E-state index contributed by atoms with van der Waals surface area (Å²) in [4.78, 5) is 70.2. The van der Waals surface area contributed by atoms with E-state index in [1.165, 1.54) is 14.0 Å². The van der Waals surface area contributed by atoms with Crippen molar-refractivity contribution in [1.29, 1.82) is 0 Å². The number of amides is 2. The summed E-state index contributed by atoms with van der Waals surface area (Å²) in [6.07, 6.45) is 9.49. The summed E-state index contributed by atoms with van der Waals surface area (Å²) in [6, 6.07) is 14.1. The van der Waals surface area contributed by atoms with Crippen molar-refractivity contribution in [3.8, 4) is 5.88 Å². The number of hydrogen-bond donors (Lipinski definition) is 5. The van der Waals surface area contributed by atoms with E-state index in [9.17, 15) is 24.3 Å². The van der Waals surface area contributed by atoms with Crippen LogP contribution >= 0.6 is 0 Å². The molecule has 2 saturated carbocycles. The molecule has 5 heterocycles. The van der Waals surface area contributed by atoms with Crippen molar-refractivity contribution < 1.29 is 33.7 Å². The molecular weight excluding hydrogens is 873 g/mol. The van der Waals surface area contributed by atoms with Gasteiger partial charge in [-0.2, -0.15) is 4.98 Å². The molecule has 4 aromatic heterocycles. The van der Waals surface area contributed by atoms with E-state index in [4.69, 9.17) is 19.2 Å². The Balaban J connectivity index is 0.709. The number of benzene rings is 1. The molecule has 0 spiro atoms. The SMILES string of the molecule is COc1ccc(NC(O)c2ccccc2NC(=O)COCCOC2CCC(NC(=O)CN3CCN(c4ccc(Nc5ncc6c(C)c(C(C)=O)c(=O)n(C7CCCC7)c6n5)nc4)CC3)CC2)nn1. The normalized spacial score (nSPS) is 18.3. The van der Waals surface area contributed by atoms with Gasteiger partial charge in [-0.15, -0.1) is 10.2 Å². The second kappa shape index (κ2) is 22.5. The number of hydrogen-bond acceptors (Lipinski definition) is 17. The van der Waals surface area contributed by atoms with Gasteiger partial charge in [-0.3, -0.25) is 28.6 Å². The minimum absolute atomic E-state index is 0.00503. The predicted molar refractivity (Wildman–Crippen MR) is 255 cm³/mol. The fourth-order valence-corrected chi connectivity index (χ4v) is 9.28. The van der Waals surface area contributed by atoms with Crippen molar-refractivity contribution in [2.45, 2.75) is 89.6 Å². The second-order valence-electron chi connectivity index (χ2n) is 17.5. The lowest BCUT2D eigenvalue weighted by atomic mass is 9.93. The van der Waals surface area contributed by atoms with E-state index in [2.05, 4.69) is 51.2 Å². The molecule has 20 heteroatoms. The predicted octanol–water partition coefficient (Wildman–Crippen LogP) is 4.68. The highest BCUT2D eigenvalue weighted by Gasteiger charge is 2.28. The van der Waals surface area contributed by atoms with E-state index < -0.39 is 6.23 Å². The van der Waals surface area contributed by atoms with Crippen molar-refractivity contribution in [1.82, 2.24) is 39.9 Å². The molecule has 360 valence electrons. The number of aryl methyl sites for hydroxylation is 1. The Morgan fingerprint density at radius 1 is 0.868 bits per heavy atom. The first-order chi connectivity index (χ1) is 33.0. The Hall–Kier alpha value is -6.61. The molecule has 68 heavy (non-hydrogen) atoms. The molecule has 3 fully saturated rings. The molecule has 1 atom stereocenters. The topological polar surface area (TPSA) is 240 Å². The number of anilines is 5. The Bertz CT molecular complexity index is 2590. The molecule has 3 aliphatic rings. The molecule has 8 rings (SSSR count). The molecular formula is C48H60N12O8. The number of Topliss-reactive ketones (excluding diaryl/α,β-unsaturated/α-hetero) is 1. The average molecular weight is 933 g/mol. The Labute approximate surface area is 394 Å². The quantitative estimate of drug-likeness (QED) is 0.0429. The molecule has 5 N–H and O–H groups in total. The van der Waals surface area contributed by atoms with Crippen LogP contribution in [0.1, 0.15) is 92.0 Å². The lowest BCUT2D eigenvalue weighted by molar-refractivity contribution is -0.124. The summed E-state index contributed by atoms with van der Waals surface area (Å²) in [5.74, 6) is 0.980. The van der Waals surface area contributed by atoms with Gasteiger partial charge in [0.05, 0.1) is 50.4 Å². The minimum atomic E-state index is -1.15. The highest BCUT2D eigenvalue weighted by atomic mass is 16.5. The third kappa shape index (κ3) is 11.9. The van der Waals surface area contributed by atoms with Crippen LogP contribution in [-0.2, 0) is 19.1 Å². The maximum Gasteiger partial charge on any atom is 0.263 e. The largest absolute Gasteiger partial charge is 0.480 e. The molecule has 2 amide bonds. The van der Waals surface area contributed by atoms with Gasteiger partial charge in [-0.25, -0.2) is 9.97 Å². The highest BCUT2D eigenvalue weighted by molar-refractivity contribution is 5.99. The zero-order valence-electron chi connectivity index (χ0n) is 38.8. The number of aliphatic hydroxyl groups excluding tert-OH is 1. The Morgan fingerprint density at radius 2 is 1.63 bits per heavy atom. The van der Waals surface area contributed by atoms with Crippen LogP contribution in [0.15, 0.2) is 65.7 Å². The zero-order chi connectivity index (χ0) is 47.6. The van der Waals surface area contributed by atoms with E-state index in [1.54, 1.807) is 54.1 Å². The Morgan fingerprint density at radius 3 is 2.34 bits per heavy atom. The summed E-state index contributed by atoms with van der Waals surface area (Å²) in [5.41, 5.74) is 2.91. The van der Waals surface area contributed by atoms with Crippen LogP contribution in [0.2, 0.25) is 0 Å². The number of carbonyl (C=O) groups is 3. The molecule has 1 aliphatic heterocycles. The lowest BCUT2D eigenvalue weighted by Gasteiger charge is -2.36. The van der Waals surface area contributed by atoms with Crippen LogP contribution in [0.5, 0.6) is 5.88 Å². The molecule has 20 nitrogen and oxygen atoms in total. The van der Waals surface area contributed by atoms with Crippen LogP contribution in [0.4, 0.5) is 29.0 Å². The van der Waals surface area contributed by atoms with Gasteiger partial charge < -0.3 is 45.5 Å². The first-order valence-corrected chi connectivity index (χ1v) is 23.4. The lowest BCUT2D eigenvalue weighted by Crippen LogP contribution is -2.51. The van der Waals surface area contributed by atoms with Gasteiger partial charge in [0.15, 0.2) is 17.8 Å². The average Bonchev–Trinajstić information content (AvgIpc) is 3.87. The smallest absolute Gasteiger partial charge is 0.263 e. The van der Waals surface area contributed by atoms with Crippen molar-refractivity contribution >= 4 is 57.6 Å². The van der Waals surface area contributed by atoms with Gasteiger partial charge >= 0.3 is 0 Å². The van der Waals surface area contributed by atoms with E-state index in [-0.39, 0.29) is 60.1 Å². The van der Waals surface area contributed by atoms with Crippen LogP contribution in [0.3, 0.4) is 0 Å². The second-order valence-corrected chi connectivity index (χ2v) is 17.5. The molecule has 1 aromatic carbocycles. The van der Waals surface area contributed by atoms with Crippen molar-refractivity contribution in [2.75, 3.05) is 80.5 Å². The molecule has 1 saturated heterocycles. The fourth-order valence-electron chi connectivity index (χ4n) is 9.28. The summed E-state index contributed by atoms with van der Waals surface area (Å²) in [6.45, 7) is 6.96. The van der Waals surface area contributed by atoms with Crippen molar-refractivity contribution in [3.05, 3.63) is 88.0 Å². The monoisotopic (exact) mass is 932 g/mol. The minimum Gasteiger partial charge on any atom is -0.480 e.